The normalized spacial score (nSPS) is 11.1. The highest BCUT2D eigenvalue weighted by Crippen LogP contribution is 2.29. The molecule has 0 atom stereocenters. The highest BCUT2D eigenvalue weighted by atomic mass is 35.5. The summed E-state index contributed by atoms with van der Waals surface area (Å²) in [6, 6.07) is 16.1. The summed E-state index contributed by atoms with van der Waals surface area (Å²) in [5.74, 6) is 0.356. The van der Waals surface area contributed by atoms with Crippen molar-refractivity contribution in [1.82, 2.24) is 14.9 Å². The van der Waals surface area contributed by atoms with Gasteiger partial charge in [-0.1, -0.05) is 29.4 Å². The van der Waals surface area contributed by atoms with Crippen molar-refractivity contribution in [3.05, 3.63) is 93.0 Å². The summed E-state index contributed by atoms with van der Waals surface area (Å²) in [4.78, 5) is 30.8. The van der Waals surface area contributed by atoms with Crippen LogP contribution in [-0.2, 0) is 5.75 Å². The zero-order valence-electron chi connectivity index (χ0n) is 19.3. The van der Waals surface area contributed by atoms with E-state index < -0.39 is 5.82 Å². The summed E-state index contributed by atoms with van der Waals surface area (Å²) < 4.78 is 20.2. The molecule has 4 rings (SSSR count). The van der Waals surface area contributed by atoms with Gasteiger partial charge in [0.05, 0.1) is 23.7 Å². The fourth-order valence-corrected chi connectivity index (χ4v) is 4.82. The Labute approximate surface area is 211 Å². The van der Waals surface area contributed by atoms with Crippen molar-refractivity contribution in [3.8, 4) is 11.4 Å². The standard InChI is InChI=1S/C26H23ClFN3O3S/c1-15(2)29-24(32)16-5-11-21-23(12-16)30-26(35-14-17-4-6-18(28)13-22(17)27)31(25(21)33)19-7-9-20(34-3)10-8-19/h4-13,15H,14H2,1-3H3,(H,29,32). The van der Waals surface area contributed by atoms with E-state index in [-0.39, 0.29) is 17.5 Å². The van der Waals surface area contributed by atoms with Crippen LogP contribution in [0.2, 0.25) is 5.02 Å². The lowest BCUT2D eigenvalue weighted by atomic mass is 10.1. The number of fused-ring (bicyclic) bond motifs is 1. The van der Waals surface area contributed by atoms with Crippen molar-refractivity contribution in [3.63, 3.8) is 0 Å². The molecule has 6 nitrogen and oxygen atoms in total. The summed E-state index contributed by atoms with van der Waals surface area (Å²) in [6.07, 6.45) is 0. The van der Waals surface area contributed by atoms with Gasteiger partial charge in [0.2, 0.25) is 0 Å². The number of carbonyl (C=O) groups is 1. The molecule has 180 valence electrons. The highest BCUT2D eigenvalue weighted by Gasteiger charge is 2.17. The highest BCUT2D eigenvalue weighted by molar-refractivity contribution is 7.98. The number of nitrogens with zero attached hydrogens (tertiary/aromatic N) is 2. The molecule has 0 aliphatic heterocycles. The van der Waals surface area contributed by atoms with E-state index >= 15 is 0 Å². The lowest BCUT2D eigenvalue weighted by Crippen LogP contribution is -2.30. The van der Waals surface area contributed by atoms with Crippen LogP contribution in [0.25, 0.3) is 16.6 Å². The van der Waals surface area contributed by atoms with E-state index in [0.29, 0.717) is 49.4 Å². The third-order valence-corrected chi connectivity index (χ3v) is 6.56. The molecule has 1 N–H and O–H groups in total. The fraction of sp³-hybridized carbons (Fsp3) is 0.192. The number of halogens is 2. The minimum absolute atomic E-state index is 0.0270. The lowest BCUT2D eigenvalue weighted by Gasteiger charge is -2.15. The number of hydrogen-bond donors (Lipinski definition) is 1. The lowest BCUT2D eigenvalue weighted by molar-refractivity contribution is 0.0943. The molecule has 0 spiro atoms. The van der Waals surface area contributed by atoms with Crippen LogP contribution in [0.15, 0.2) is 70.6 Å². The molecule has 0 aliphatic carbocycles. The van der Waals surface area contributed by atoms with E-state index in [2.05, 4.69) is 5.32 Å². The van der Waals surface area contributed by atoms with Gasteiger partial charge in [-0.05, 0) is 74.0 Å². The number of ether oxygens (including phenoxy) is 1. The van der Waals surface area contributed by atoms with Crippen LogP contribution in [-0.4, -0.2) is 28.6 Å². The zero-order chi connectivity index (χ0) is 25.1. The zero-order valence-corrected chi connectivity index (χ0v) is 20.9. The van der Waals surface area contributed by atoms with Crippen LogP contribution in [0.1, 0.15) is 29.8 Å². The van der Waals surface area contributed by atoms with Gasteiger partial charge in [-0.3, -0.25) is 14.2 Å². The van der Waals surface area contributed by atoms with E-state index in [1.807, 2.05) is 13.8 Å². The SMILES string of the molecule is COc1ccc(-n2c(SCc3ccc(F)cc3Cl)nc3cc(C(=O)NC(C)C)ccc3c2=O)cc1. The molecule has 0 saturated carbocycles. The molecule has 9 heteroatoms. The molecule has 0 fully saturated rings. The first-order chi connectivity index (χ1) is 16.8. The maximum atomic E-state index is 13.6. The molecule has 0 aliphatic rings. The first-order valence-electron chi connectivity index (χ1n) is 10.9. The van der Waals surface area contributed by atoms with E-state index in [1.54, 1.807) is 55.6 Å². The van der Waals surface area contributed by atoms with Crippen LogP contribution >= 0.6 is 23.4 Å². The van der Waals surface area contributed by atoms with Crippen molar-refractivity contribution in [2.45, 2.75) is 30.8 Å². The monoisotopic (exact) mass is 511 g/mol. The van der Waals surface area contributed by atoms with Gasteiger partial charge < -0.3 is 10.1 Å². The van der Waals surface area contributed by atoms with Gasteiger partial charge in [-0.25, -0.2) is 9.37 Å². The van der Waals surface area contributed by atoms with Gasteiger partial charge >= 0.3 is 0 Å². The average molecular weight is 512 g/mol. The van der Waals surface area contributed by atoms with E-state index in [9.17, 15) is 14.0 Å². The first-order valence-corrected chi connectivity index (χ1v) is 12.2. The summed E-state index contributed by atoms with van der Waals surface area (Å²) in [6.45, 7) is 3.75. The molecule has 0 saturated heterocycles. The minimum Gasteiger partial charge on any atom is -0.497 e. The molecule has 1 aromatic heterocycles. The summed E-state index contributed by atoms with van der Waals surface area (Å²) in [7, 11) is 1.57. The van der Waals surface area contributed by atoms with Crippen LogP contribution < -0.4 is 15.6 Å². The molecule has 0 radical (unpaired) electrons. The van der Waals surface area contributed by atoms with Gasteiger partial charge in [-0.15, -0.1) is 0 Å². The third-order valence-electron chi connectivity index (χ3n) is 5.22. The average Bonchev–Trinajstić information content (AvgIpc) is 2.83. The molecular formula is C26H23ClFN3O3S. The van der Waals surface area contributed by atoms with Crippen molar-refractivity contribution in [1.29, 1.82) is 0 Å². The van der Waals surface area contributed by atoms with Crippen LogP contribution in [0.4, 0.5) is 4.39 Å². The summed E-state index contributed by atoms with van der Waals surface area (Å²) in [5, 5.41) is 3.93. The van der Waals surface area contributed by atoms with Gasteiger partial charge in [0, 0.05) is 22.4 Å². The molecule has 0 bridgehead atoms. The van der Waals surface area contributed by atoms with Crippen LogP contribution in [0.3, 0.4) is 0 Å². The quantitative estimate of drug-likeness (QED) is 0.257. The molecule has 1 heterocycles. The topological polar surface area (TPSA) is 73.2 Å². The fourth-order valence-electron chi connectivity index (χ4n) is 3.49. The number of benzene rings is 3. The second-order valence-corrected chi connectivity index (χ2v) is 9.47. The Balaban J connectivity index is 1.83. The number of nitrogens with one attached hydrogen (secondary N) is 1. The third kappa shape index (κ3) is 5.49. The van der Waals surface area contributed by atoms with E-state index in [1.165, 1.54) is 28.5 Å². The maximum Gasteiger partial charge on any atom is 0.266 e. The van der Waals surface area contributed by atoms with E-state index in [4.69, 9.17) is 21.3 Å². The number of methoxy groups -OCH3 is 1. The summed E-state index contributed by atoms with van der Waals surface area (Å²) in [5.41, 5.74) is 1.86. The second kappa shape index (κ2) is 10.5. The maximum absolute atomic E-state index is 13.6. The number of rotatable bonds is 7. The number of amides is 1. The predicted octanol–water partition coefficient (Wildman–Crippen LogP) is 5.62. The number of carbonyl (C=O) groups excluding carboxylic acids is 1. The largest absolute Gasteiger partial charge is 0.497 e. The summed E-state index contributed by atoms with van der Waals surface area (Å²) >= 11 is 7.50. The second-order valence-electron chi connectivity index (χ2n) is 8.12. The molecule has 4 aromatic rings. The Morgan fingerprint density at radius 2 is 1.89 bits per heavy atom. The van der Waals surface area contributed by atoms with Gasteiger partial charge in [0.1, 0.15) is 11.6 Å². The Hall–Kier alpha value is -3.36. The smallest absolute Gasteiger partial charge is 0.266 e. The molecule has 0 unspecified atom stereocenters. The number of thioether (sulfide) groups is 1. The Morgan fingerprint density at radius 3 is 2.54 bits per heavy atom. The van der Waals surface area contributed by atoms with Gasteiger partial charge in [0.25, 0.3) is 11.5 Å². The molecule has 1 amide bonds. The van der Waals surface area contributed by atoms with Crippen molar-refractivity contribution < 1.29 is 13.9 Å². The van der Waals surface area contributed by atoms with Crippen LogP contribution in [0, 0.1) is 5.82 Å². The molecule has 35 heavy (non-hydrogen) atoms. The predicted molar refractivity (Wildman–Crippen MR) is 137 cm³/mol. The molecule has 3 aromatic carbocycles. The van der Waals surface area contributed by atoms with Gasteiger partial charge in [0.15, 0.2) is 5.16 Å². The van der Waals surface area contributed by atoms with Crippen molar-refractivity contribution >= 4 is 40.2 Å². The molecular weight excluding hydrogens is 489 g/mol. The Kier molecular flexibility index (Phi) is 7.42. The minimum atomic E-state index is -0.421. The Morgan fingerprint density at radius 1 is 1.14 bits per heavy atom. The van der Waals surface area contributed by atoms with Crippen molar-refractivity contribution in [2.75, 3.05) is 7.11 Å². The van der Waals surface area contributed by atoms with Crippen LogP contribution in [0.5, 0.6) is 5.75 Å². The number of aromatic nitrogens is 2. The van der Waals surface area contributed by atoms with E-state index in [0.717, 1.165) is 0 Å². The van der Waals surface area contributed by atoms with Gasteiger partial charge in [-0.2, -0.15) is 0 Å². The Bertz CT molecular complexity index is 1460. The first kappa shape index (κ1) is 24.8. The van der Waals surface area contributed by atoms with Crippen molar-refractivity contribution in [2.24, 2.45) is 0 Å². The number of hydrogen-bond acceptors (Lipinski definition) is 5.